The molecule has 0 aliphatic rings. The number of nitrogens with zero attached hydrogens (tertiary/aromatic N) is 2. The van der Waals surface area contributed by atoms with Crippen molar-refractivity contribution in [2.45, 2.75) is 26.7 Å². The Hall–Kier alpha value is -2.37. The summed E-state index contributed by atoms with van der Waals surface area (Å²) >= 11 is 12.0. The van der Waals surface area contributed by atoms with Crippen LogP contribution < -0.4 is 5.32 Å². The summed E-state index contributed by atoms with van der Waals surface area (Å²) in [7, 11) is 0. The number of anilines is 1. The smallest absolute Gasteiger partial charge is 0.258 e. The summed E-state index contributed by atoms with van der Waals surface area (Å²) in [5, 5.41) is 11.3. The number of halogens is 2. The summed E-state index contributed by atoms with van der Waals surface area (Å²) in [5.41, 5.74) is 3.94. The topological polar surface area (TPSA) is 68.0 Å². The third-order valence-electron chi connectivity index (χ3n) is 4.11. The van der Waals surface area contributed by atoms with E-state index in [1.54, 1.807) is 12.1 Å². The Morgan fingerprint density at radius 3 is 2.58 bits per heavy atom. The molecule has 0 bridgehead atoms. The van der Waals surface area contributed by atoms with Crippen LogP contribution in [0.4, 0.5) is 5.82 Å². The molecule has 5 nitrogen and oxygen atoms in total. The van der Waals surface area contributed by atoms with Crippen LogP contribution >= 0.6 is 23.2 Å². The molecule has 0 aliphatic heterocycles. The van der Waals surface area contributed by atoms with Gasteiger partial charge in [0.15, 0.2) is 5.69 Å². The van der Waals surface area contributed by atoms with Crippen molar-refractivity contribution in [3.05, 3.63) is 63.1 Å². The van der Waals surface area contributed by atoms with Crippen molar-refractivity contribution in [3.63, 3.8) is 0 Å². The second kappa shape index (κ2) is 7.89. The second-order valence-corrected chi connectivity index (χ2v) is 6.58. The van der Waals surface area contributed by atoms with Crippen LogP contribution in [0.5, 0.6) is 0 Å². The number of benzene rings is 2. The maximum atomic E-state index is 12.6. The van der Waals surface area contributed by atoms with Gasteiger partial charge < -0.3 is 5.32 Å². The van der Waals surface area contributed by atoms with E-state index in [-0.39, 0.29) is 10.8 Å². The number of hydrogen-bond donors (Lipinski definition) is 1. The standard InChI is InChI=1S/C19H17Cl2N3O2/c1-3-11-5-6-12(4-2)15(9-11)17-18(24-26-23-17)22-19(25)14-8-7-13(20)10-16(14)21/h5-10H,3-4H2,1-2H3,(H,22,24,25). The molecule has 2 aromatic carbocycles. The molecule has 3 aromatic rings. The third kappa shape index (κ3) is 3.74. The van der Waals surface area contributed by atoms with E-state index >= 15 is 0 Å². The molecule has 1 aromatic heterocycles. The second-order valence-electron chi connectivity index (χ2n) is 5.74. The Kier molecular flexibility index (Phi) is 5.59. The van der Waals surface area contributed by atoms with E-state index in [1.807, 2.05) is 6.07 Å². The molecule has 1 N–H and O–H groups in total. The average Bonchev–Trinajstić information content (AvgIpc) is 3.08. The zero-order valence-electron chi connectivity index (χ0n) is 14.3. The monoisotopic (exact) mass is 389 g/mol. The van der Waals surface area contributed by atoms with Crippen LogP contribution in [0.1, 0.15) is 35.3 Å². The molecule has 0 radical (unpaired) electrons. The van der Waals surface area contributed by atoms with Crippen molar-refractivity contribution in [3.8, 4) is 11.3 Å². The minimum atomic E-state index is -0.409. The Labute approximate surface area is 161 Å². The lowest BCUT2D eigenvalue weighted by atomic mass is 9.98. The third-order valence-corrected chi connectivity index (χ3v) is 4.66. The van der Waals surface area contributed by atoms with E-state index in [1.165, 1.54) is 11.6 Å². The first-order valence-corrected chi connectivity index (χ1v) is 9.00. The molecule has 0 unspecified atom stereocenters. The van der Waals surface area contributed by atoms with E-state index in [9.17, 15) is 4.79 Å². The van der Waals surface area contributed by atoms with Crippen molar-refractivity contribution in [1.29, 1.82) is 0 Å². The number of aromatic nitrogens is 2. The maximum Gasteiger partial charge on any atom is 0.258 e. The number of hydrogen-bond acceptors (Lipinski definition) is 4. The first-order valence-electron chi connectivity index (χ1n) is 8.24. The van der Waals surface area contributed by atoms with Gasteiger partial charge in [0.1, 0.15) is 0 Å². The normalized spacial score (nSPS) is 10.8. The van der Waals surface area contributed by atoms with Crippen molar-refractivity contribution < 1.29 is 9.42 Å². The molecule has 26 heavy (non-hydrogen) atoms. The van der Waals surface area contributed by atoms with Gasteiger partial charge in [-0.05, 0) is 58.5 Å². The highest BCUT2D eigenvalue weighted by molar-refractivity contribution is 6.37. The van der Waals surface area contributed by atoms with Crippen LogP contribution in [-0.4, -0.2) is 16.2 Å². The summed E-state index contributed by atoms with van der Waals surface area (Å²) in [6.45, 7) is 4.14. The Balaban J connectivity index is 1.95. The summed E-state index contributed by atoms with van der Waals surface area (Å²) in [5.74, 6) is -0.155. The van der Waals surface area contributed by atoms with Crippen LogP contribution in [0.15, 0.2) is 41.0 Å². The number of nitrogens with one attached hydrogen (secondary N) is 1. The van der Waals surface area contributed by atoms with Crippen LogP contribution in [0.3, 0.4) is 0 Å². The predicted molar refractivity (Wildman–Crippen MR) is 103 cm³/mol. The molecule has 7 heteroatoms. The lowest BCUT2D eigenvalue weighted by Crippen LogP contribution is -2.13. The highest BCUT2D eigenvalue weighted by Crippen LogP contribution is 2.30. The fourth-order valence-corrected chi connectivity index (χ4v) is 3.16. The minimum absolute atomic E-state index is 0.254. The lowest BCUT2D eigenvalue weighted by molar-refractivity contribution is 0.102. The van der Waals surface area contributed by atoms with Gasteiger partial charge in [0.25, 0.3) is 5.91 Å². The van der Waals surface area contributed by atoms with Gasteiger partial charge in [0.2, 0.25) is 5.82 Å². The molecule has 1 amide bonds. The Bertz CT molecular complexity index is 954. The highest BCUT2D eigenvalue weighted by Gasteiger charge is 2.20. The SMILES string of the molecule is CCc1ccc(CC)c(-c2nonc2NC(=O)c2ccc(Cl)cc2Cl)c1. The Morgan fingerprint density at radius 2 is 1.88 bits per heavy atom. The molecule has 0 spiro atoms. The van der Waals surface area contributed by atoms with Crippen molar-refractivity contribution in [1.82, 2.24) is 10.3 Å². The summed E-state index contributed by atoms with van der Waals surface area (Å²) in [4.78, 5) is 12.6. The summed E-state index contributed by atoms with van der Waals surface area (Å²) in [6, 6.07) is 10.9. The molecule has 0 saturated carbocycles. The van der Waals surface area contributed by atoms with Crippen LogP contribution in [0.2, 0.25) is 10.0 Å². The first kappa shape index (κ1) is 18.4. The van der Waals surface area contributed by atoms with Gasteiger partial charge in [-0.2, -0.15) is 0 Å². The van der Waals surface area contributed by atoms with E-state index in [0.29, 0.717) is 16.3 Å². The van der Waals surface area contributed by atoms with Gasteiger partial charge in [0.05, 0.1) is 10.6 Å². The van der Waals surface area contributed by atoms with Gasteiger partial charge in [-0.1, -0.05) is 49.2 Å². The largest absolute Gasteiger partial charge is 0.302 e. The van der Waals surface area contributed by atoms with Crippen LogP contribution in [0, 0.1) is 0 Å². The van der Waals surface area contributed by atoms with Gasteiger partial charge in [0, 0.05) is 10.6 Å². The molecule has 0 atom stereocenters. The summed E-state index contributed by atoms with van der Waals surface area (Å²) in [6.07, 6.45) is 1.72. The minimum Gasteiger partial charge on any atom is -0.302 e. The maximum absolute atomic E-state index is 12.6. The van der Waals surface area contributed by atoms with Gasteiger partial charge >= 0.3 is 0 Å². The number of amides is 1. The predicted octanol–water partition coefficient (Wildman–Crippen LogP) is 5.42. The molecule has 3 rings (SSSR count). The quantitative estimate of drug-likeness (QED) is 0.632. The van der Waals surface area contributed by atoms with Crippen LogP contribution in [-0.2, 0) is 12.8 Å². The number of rotatable bonds is 5. The van der Waals surface area contributed by atoms with Gasteiger partial charge in [-0.15, -0.1) is 0 Å². The van der Waals surface area contributed by atoms with E-state index < -0.39 is 5.91 Å². The van der Waals surface area contributed by atoms with Gasteiger partial charge in [-0.3, -0.25) is 4.79 Å². The van der Waals surface area contributed by atoms with Gasteiger partial charge in [-0.25, -0.2) is 4.63 Å². The van der Waals surface area contributed by atoms with Crippen molar-refractivity contribution in [2.75, 3.05) is 5.32 Å². The molecule has 1 heterocycles. The average molecular weight is 390 g/mol. The van der Waals surface area contributed by atoms with Crippen LogP contribution in [0.25, 0.3) is 11.3 Å². The number of aryl methyl sites for hydroxylation is 2. The zero-order chi connectivity index (χ0) is 18.7. The molecule has 0 saturated heterocycles. The molecule has 0 fully saturated rings. The molecular formula is C19H17Cl2N3O2. The molecular weight excluding hydrogens is 373 g/mol. The Morgan fingerprint density at radius 1 is 1.08 bits per heavy atom. The highest BCUT2D eigenvalue weighted by atomic mass is 35.5. The zero-order valence-corrected chi connectivity index (χ0v) is 15.9. The summed E-state index contributed by atoms with van der Waals surface area (Å²) < 4.78 is 4.89. The van der Waals surface area contributed by atoms with E-state index in [4.69, 9.17) is 27.8 Å². The van der Waals surface area contributed by atoms with Crippen molar-refractivity contribution in [2.24, 2.45) is 0 Å². The molecule has 0 aliphatic carbocycles. The fourth-order valence-electron chi connectivity index (χ4n) is 2.67. The van der Waals surface area contributed by atoms with E-state index in [0.717, 1.165) is 24.0 Å². The first-order chi connectivity index (χ1) is 12.5. The molecule has 134 valence electrons. The fraction of sp³-hybridized carbons (Fsp3) is 0.211. The van der Waals surface area contributed by atoms with Crippen molar-refractivity contribution >= 4 is 34.9 Å². The number of carbonyl (C=O) groups is 1. The lowest BCUT2D eigenvalue weighted by Gasteiger charge is -2.09. The number of carbonyl (C=O) groups excluding carboxylic acids is 1. The van der Waals surface area contributed by atoms with E-state index in [2.05, 4.69) is 41.6 Å².